The van der Waals surface area contributed by atoms with Crippen LogP contribution in [0.4, 0.5) is 5.69 Å². The predicted molar refractivity (Wildman–Crippen MR) is 96.2 cm³/mol. The fourth-order valence-electron chi connectivity index (χ4n) is 2.07. The quantitative estimate of drug-likeness (QED) is 0.846. The summed E-state index contributed by atoms with van der Waals surface area (Å²) in [5.74, 6) is -0.208. The van der Waals surface area contributed by atoms with Crippen LogP contribution < -0.4 is 10.6 Å². The molecule has 0 aromatic heterocycles. The van der Waals surface area contributed by atoms with Gasteiger partial charge in [-0.3, -0.25) is 9.59 Å². The Balaban J connectivity index is 1.84. The van der Waals surface area contributed by atoms with Crippen LogP contribution in [-0.2, 0) is 11.3 Å². The van der Waals surface area contributed by atoms with Crippen molar-refractivity contribution in [2.75, 3.05) is 26.0 Å². The fraction of sp³-hybridized carbons (Fsp3) is 0.222. The molecule has 6 heteroatoms. The highest BCUT2D eigenvalue weighted by molar-refractivity contribution is 6.30. The monoisotopic (exact) mass is 345 g/mol. The summed E-state index contributed by atoms with van der Waals surface area (Å²) in [6, 6.07) is 14.4. The summed E-state index contributed by atoms with van der Waals surface area (Å²) < 4.78 is 0. The maximum atomic E-state index is 11.9. The Kier molecular flexibility index (Phi) is 6.21. The molecule has 0 aliphatic rings. The van der Waals surface area contributed by atoms with Crippen LogP contribution in [0.2, 0.25) is 5.02 Å². The molecule has 0 fully saturated rings. The number of amides is 2. The van der Waals surface area contributed by atoms with Gasteiger partial charge in [-0.25, -0.2) is 0 Å². The van der Waals surface area contributed by atoms with Crippen molar-refractivity contribution in [1.82, 2.24) is 10.2 Å². The standard InChI is InChI=1S/C18H20ClN3O2/c1-22(2)18(24)14-4-3-5-16(10-14)20-12-17(23)21-11-13-6-8-15(19)9-7-13/h3-10,20H,11-12H2,1-2H3,(H,21,23). The van der Waals surface area contributed by atoms with Gasteiger partial charge in [0.2, 0.25) is 5.91 Å². The van der Waals surface area contributed by atoms with Gasteiger partial charge in [0, 0.05) is 36.9 Å². The molecule has 0 heterocycles. The number of hydrogen-bond donors (Lipinski definition) is 2. The number of carbonyl (C=O) groups excluding carboxylic acids is 2. The number of rotatable bonds is 6. The van der Waals surface area contributed by atoms with Crippen molar-refractivity contribution < 1.29 is 9.59 Å². The van der Waals surface area contributed by atoms with E-state index in [0.717, 1.165) is 11.3 Å². The minimum absolute atomic E-state index is 0.0779. The summed E-state index contributed by atoms with van der Waals surface area (Å²) in [6.45, 7) is 0.573. The van der Waals surface area contributed by atoms with Crippen molar-refractivity contribution in [1.29, 1.82) is 0 Å². The Bertz CT molecular complexity index is 714. The third-order valence-corrected chi connectivity index (χ3v) is 3.62. The molecule has 0 saturated heterocycles. The number of nitrogens with zero attached hydrogens (tertiary/aromatic N) is 1. The number of hydrogen-bond acceptors (Lipinski definition) is 3. The fourth-order valence-corrected chi connectivity index (χ4v) is 2.19. The molecule has 2 amide bonds. The summed E-state index contributed by atoms with van der Waals surface area (Å²) in [5, 5.41) is 6.51. The van der Waals surface area contributed by atoms with Gasteiger partial charge in [-0.2, -0.15) is 0 Å². The van der Waals surface area contributed by atoms with E-state index in [0.29, 0.717) is 17.1 Å². The number of carbonyl (C=O) groups is 2. The molecule has 2 N–H and O–H groups in total. The van der Waals surface area contributed by atoms with Crippen LogP contribution in [0, 0.1) is 0 Å². The van der Waals surface area contributed by atoms with Crippen LogP contribution in [0.25, 0.3) is 0 Å². The highest BCUT2D eigenvalue weighted by Gasteiger charge is 2.08. The Labute approximate surface area is 146 Å². The maximum absolute atomic E-state index is 11.9. The molecule has 0 aliphatic carbocycles. The van der Waals surface area contributed by atoms with Crippen LogP contribution >= 0.6 is 11.6 Å². The second kappa shape index (κ2) is 8.36. The first-order valence-corrected chi connectivity index (χ1v) is 7.90. The number of nitrogens with one attached hydrogen (secondary N) is 2. The number of anilines is 1. The van der Waals surface area contributed by atoms with Gasteiger partial charge < -0.3 is 15.5 Å². The molecule has 24 heavy (non-hydrogen) atoms. The summed E-state index contributed by atoms with van der Waals surface area (Å²) in [6.07, 6.45) is 0. The van der Waals surface area contributed by atoms with E-state index >= 15 is 0 Å². The molecule has 0 spiro atoms. The van der Waals surface area contributed by atoms with Gasteiger partial charge >= 0.3 is 0 Å². The van der Waals surface area contributed by atoms with Crippen molar-refractivity contribution in [3.8, 4) is 0 Å². The summed E-state index contributed by atoms with van der Waals surface area (Å²) in [7, 11) is 3.40. The van der Waals surface area contributed by atoms with Crippen LogP contribution in [0.5, 0.6) is 0 Å². The van der Waals surface area contributed by atoms with E-state index in [-0.39, 0.29) is 18.4 Å². The summed E-state index contributed by atoms with van der Waals surface area (Å²) >= 11 is 5.82. The normalized spacial score (nSPS) is 10.1. The van der Waals surface area contributed by atoms with E-state index < -0.39 is 0 Å². The van der Waals surface area contributed by atoms with Crippen molar-refractivity contribution in [2.24, 2.45) is 0 Å². The van der Waals surface area contributed by atoms with Crippen LogP contribution in [0.3, 0.4) is 0 Å². The molecule has 2 aromatic carbocycles. The van der Waals surface area contributed by atoms with E-state index in [1.807, 2.05) is 18.2 Å². The second-order valence-corrected chi connectivity index (χ2v) is 5.97. The SMILES string of the molecule is CN(C)C(=O)c1cccc(NCC(=O)NCc2ccc(Cl)cc2)c1. The first-order chi connectivity index (χ1) is 11.5. The number of halogens is 1. The smallest absolute Gasteiger partial charge is 0.253 e. The minimum atomic E-state index is -0.130. The average molecular weight is 346 g/mol. The predicted octanol–water partition coefficient (Wildman–Crippen LogP) is 2.77. The topological polar surface area (TPSA) is 61.4 Å². The lowest BCUT2D eigenvalue weighted by molar-refractivity contribution is -0.119. The van der Waals surface area contributed by atoms with Crippen molar-refractivity contribution in [3.05, 3.63) is 64.7 Å². The molecule has 0 bridgehead atoms. The van der Waals surface area contributed by atoms with Crippen LogP contribution in [0.15, 0.2) is 48.5 Å². The van der Waals surface area contributed by atoms with Crippen molar-refractivity contribution in [2.45, 2.75) is 6.54 Å². The maximum Gasteiger partial charge on any atom is 0.253 e. The van der Waals surface area contributed by atoms with E-state index in [2.05, 4.69) is 10.6 Å². The molecule has 126 valence electrons. The lowest BCUT2D eigenvalue weighted by Gasteiger charge is -2.12. The van der Waals surface area contributed by atoms with Gasteiger partial charge in [0.1, 0.15) is 0 Å². The lowest BCUT2D eigenvalue weighted by Crippen LogP contribution is -2.29. The van der Waals surface area contributed by atoms with Gasteiger partial charge in [0.25, 0.3) is 5.91 Å². The third-order valence-electron chi connectivity index (χ3n) is 3.37. The van der Waals surface area contributed by atoms with Crippen LogP contribution in [-0.4, -0.2) is 37.4 Å². The van der Waals surface area contributed by atoms with Gasteiger partial charge in [-0.05, 0) is 35.9 Å². The Morgan fingerprint density at radius 3 is 2.46 bits per heavy atom. The molecule has 5 nitrogen and oxygen atoms in total. The third kappa shape index (κ3) is 5.28. The zero-order valence-electron chi connectivity index (χ0n) is 13.7. The second-order valence-electron chi connectivity index (χ2n) is 5.54. The molecule has 0 atom stereocenters. The Morgan fingerprint density at radius 2 is 1.79 bits per heavy atom. The first-order valence-electron chi connectivity index (χ1n) is 7.52. The average Bonchev–Trinajstić information content (AvgIpc) is 2.59. The Hall–Kier alpha value is -2.53. The number of benzene rings is 2. The zero-order chi connectivity index (χ0) is 17.5. The minimum Gasteiger partial charge on any atom is -0.376 e. The molecule has 2 aromatic rings. The van der Waals surface area contributed by atoms with Crippen molar-refractivity contribution >= 4 is 29.1 Å². The lowest BCUT2D eigenvalue weighted by atomic mass is 10.2. The molecule has 0 unspecified atom stereocenters. The highest BCUT2D eigenvalue weighted by Crippen LogP contribution is 2.12. The Morgan fingerprint density at radius 1 is 1.08 bits per heavy atom. The molecular formula is C18H20ClN3O2. The van der Waals surface area contributed by atoms with E-state index in [1.165, 1.54) is 4.90 Å². The van der Waals surface area contributed by atoms with Crippen molar-refractivity contribution in [3.63, 3.8) is 0 Å². The van der Waals surface area contributed by atoms with E-state index in [9.17, 15) is 9.59 Å². The molecule has 0 aliphatic heterocycles. The highest BCUT2D eigenvalue weighted by atomic mass is 35.5. The summed E-state index contributed by atoms with van der Waals surface area (Å²) in [4.78, 5) is 25.3. The molecular weight excluding hydrogens is 326 g/mol. The first kappa shape index (κ1) is 17.8. The van der Waals surface area contributed by atoms with Gasteiger partial charge in [0.05, 0.1) is 6.54 Å². The van der Waals surface area contributed by atoms with E-state index in [4.69, 9.17) is 11.6 Å². The largest absolute Gasteiger partial charge is 0.376 e. The van der Waals surface area contributed by atoms with E-state index in [1.54, 1.807) is 44.4 Å². The van der Waals surface area contributed by atoms with Gasteiger partial charge in [-0.1, -0.05) is 29.8 Å². The zero-order valence-corrected chi connectivity index (χ0v) is 14.4. The summed E-state index contributed by atoms with van der Waals surface area (Å²) in [5.41, 5.74) is 2.28. The molecule has 0 radical (unpaired) electrons. The molecule has 2 rings (SSSR count). The van der Waals surface area contributed by atoms with Gasteiger partial charge in [0.15, 0.2) is 0 Å². The van der Waals surface area contributed by atoms with Gasteiger partial charge in [-0.15, -0.1) is 0 Å². The molecule has 0 saturated carbocycles. The van der Waals surface area contributed by atoms with Crippen LogP contribution in [0.1, 0.15) is 15.9 Å².